The van der Waals surface area contributed by atoms with Crippen molar-refractivity contribution in [1.82, 2.24) is 14.8 Å². The molecular formula is C25H29N3O4S. The predicted molar refractivity (Wildman–Crippen MR) is 129 cm³/mol. The fraction of sp³-hybridized carbons (Fsp3) is 0.400. The number of aromatic nitrogens is 1. The first-order chi connectivity index (χ1) is 16.1. The summed E-state index contributed by atoms with van der Waals surface area (Å²) in [5, 5.41) is 1.13. The first-order valence-electron chi connectivity index (χ1n) is 11.2. The maximum atomic E-state index is 12.9. The van der Waals surface area contributed by atoms with Crippen molar-refractivity contribution in [3.63, 3.8) is 0 Å². The number of rotatable bonds is 8. The van der Waals surface area contributed by atoms with E-state index in [0.29, 0.717) is 49.7 Å². The topological polar surface area (TPSA) is 72.0 Å². The minimum absolute atomic E-state index is 0.0740. The molecule has 0 saturated carbocycles. The third-order valence-corrected chi connectivity index (χ3v) is 6.98. The molecule has 7 nitrogen and oxygen atoms in total. The Balaban J connectivity index is 1.22. The Bertz CT molecular complexity index is 1070. The lowest BCUT2D eigenvalue weighted by Gasteiger charge is -2.35. The van der Waals surface area contributed by atoms with Crippen LogP contribution in [0.3, 0.4) is 0 Å². The summed E-state index contributed by atoms with van der Waals surface area (Å²) in [6.07, 6.45) is 3.23. The Kier molecular flexibility index (Phi) is 7.44. The first-order valence-corrected chi connectivity index (χ1v) is 12.0. The minimum Gasteiger partial charge on any atom is -0.497 e. The van der Waals surface area contributed by atoms with Gasteiger partial charge in [-0.1, -0.05) is 12.1 Å². The van der Waals surface area contributed by atoms with Crippen molar-refractivity contribution in [2.75, 3.05) is 40.4 Å². The van der Waals surface area contributed by atoms with E-state index in [1.807, 2.05) is 23.1 Å². The van der Waals surface area contributed by atoms with Crippen LogP contribution < -0.4 is 9.47 Å². The molecule has 0 atom stereocenters. The van der Waals surface area contributed by atoms with Gasteiger partial charge in [0, 0.05) is 44.2 Å². The number of hydrogen-bond donors (Lipinski definition) is 0. The van der Waals surface area contributed by atoms with Gasteiger partial charge in [0.2, 0.25) is 5.91 Å². The van der Waals surface area contributed by atoms with Crippen LogP contribution in [-0.2, 0) is 11.2 Å². The highest BCUT2D eigenvalue weighted by atomic mass is 32.1. The maximum absolute atomic E-state index is 12.9. The molecule has 2 amide bonds. The van der Waals surface area contributed by atoms with Gasteiger partial charge in [-0.3, -0.25) is 9.59 Å². The van der Waals surface area contributed by atoms with Gasteiger partial charge in [0.25, 0.3) is 5.91 Å². The number of benzene rings is 2. The molecule has 4 rings (SSSR count). The molecule has 8 heteroatoms. The standard InChI is InChI=1S/C25H29N3O4S/c1-31-19-15-18(16-20(17-19)32-2)25(30)28-13-11-27(12-14-28)24(29)10-6-5-9-23-26-21-7-3-4-8-22(21)33-23/h3-4,7-8,15-17H,5-6,9-14H2,1-2H3. The van der Waals surface area contributed by atoms with Crippen LogP contribution in [0.15, 0.2) is 42.5 Å². The van der Waals surface area contributed by atoms with E-state index in [9.17, 15) is 9.59 Å². The Labute approximate surface area is 197 Å². The Morgan fingerprint density at radius 2 is 1.61 bits per heavy atom. The van der Waals surface area contributed by atoms with Crippen molar-refractivity contribution in [2.24, 2.45) is 0 Å². The van der Waals surface area contributed by atoms with E-state index in [1.165, 1.54) is 4.70 Å². The first kappa shape index (κ1) is 23.0. The number of fused-ring (bicyclic) bond motifs is 1. The third kappa shape index (κ3) is 5.63. The summed E-state index contributed by atoms with van der Waals surface area (Å²) >= 11 is 1.73. The third-order valence-electron chi connectivity index (χ3n) is 5.89. The van der Waals surface area contributed by atoms with E-state index < -0.39 is 0 Å². The summed E-state index contributed by atoms with van der Waals surface area (Å²) < 4.78 is 11.7. The fourth-order valence-electron chi connectivity index (χ4n) is 4.01. The van der Waals surface area contributed by atoms with Crippen molar-refractivity contribution in [3.05, 3.63) is 53.0 Å². The minimum atomic E-state index is -0.0740. The number of carbonyl (C=O) groups is 2. The molecule has 0 bridgehead atoms. The predicted octanol–water partition coefficient (Wildman–Crippen LogP) is 4.01. The van der Waals surface area contributed by atoms with Crippen LogP contribution in [0.1, 0.15) is 34.6 Å². The molecule has 33 heavy (non-hydrogen) atoms. The molecule has 0 unspecified atom stereocenters. The number of amides is 2. The zero-order chi connectivity index (χ0) is 23.2. The molecule has 2 heterocycles. The van der Waals surface area contributed by atoms with Crippen molar-refractivity contribution < 1.29 is 19.1 Å². The van der Waals surface area contributed by atoms with Gasteiger partial charge < -0.3 is 19.3 Å². The highest BCUT2D eigenvalue weighted by Gasteiger charge is 2.25. The summed E-state index contributed by atoms with van der Waals surface area (Å²) in [5.74, 6) is 1.25. The molecular weight excluding hydrogens is 438 g/mol. The van der Waals surface area contributed by atoms with Crippen LogP contribution >= 0.6 is 11.3 Å². The van der Waals surface area contributed by atoms with Crippen LogP contribution in [-0.4, -0.2) is 67.0 Å². The second-order valence-electron chi connectivity index (χ2n) is 8.06. The summed E-state index contributed by atoms with van der Waals surface area (Å²) in [7, 11) is 3.12. The molecule has 0 spiro atoms. The lowest BCUT2D eigenvalue weighted by molar-refractivity contribution is -0.132. The van der Waals surface area contributed by atoms with Crippen LogP contribution in [0.25, 0.3) is 10.2 Å². The van der Waals surface area contributed by atoms with Crippen molar-refractivity contribution in [3.8, 4) is 11.5 Å². The number of para-hydroxylation sites is 1. The second-order valence-corrected chi connectivity index (χ2v) is 9.17. The number of nitrogens with zero attached hydrogens (tertiary/aromatic N) is 3. The summed E-state index contributed by atoms with van der Waals surface area (Å²) in [6.45, 7) is 2.17. The number of methoxy groups -OCH3 is 2. The highest BCUT2D eigenvalue weighted by molar-refractivity contribution is 7.18. The van der Waals surface area contributed by atoms with E-state index in [1.54, 1.807) is 48.7 Å². The fourth-order valence-corrected chi connectivity index (χ4v) is 5.02. The number of piperazine rings is 1. The molecule has 1 saturated heterocycles. The molecule has 3 aromatic rings. The molecule has 0 aliphatic carbocycles. The van der Waals surface area contributed by atoms with Gasteiger partial charge in [0.05, 0.1) is 29.4 Å². The van der Waals surface area contributed by atoms with E-state index in [4.69, 9.17) is 9.47 Å². The second kappa shape index (κ2) is 10.7. The molecule has 1 fully saturated rings. The van der Waals surface area contributed by atoms with Gasteiger partial charge in [-0.05, 0) is 43.5 Å². The van der Waals surface area contributed by atoms with Gasteiger partial charge >= 0.3 is 0 Å². The SMILES string of the molecule is COc1cc(OC)cc(C(=O)N2CCN(C(=O)CCCCc3nc4ccccc4s3)CC2)c1. The van der Waals surface area contributed by atoms with Crippen LogP contribution in [0.2, 0.25) is 0 Å². The number of thiazole rings is 1. The Hall–Kier alpha value is -3.13. The van der Waals surface area contributed by atoms with Crippen LogP contribution in [0.5, 0.6) is 11.5 Å². The van der Waals surface area contributed by atoms with Crippen LogP contribution in [0, 0.1) is 0 Å². The van der Waals surface area contributed by atoms with E-state index in [0.717, 1.165) is 29.8 Å². The van der Waals surface area contributed by atoms with Gasteiger partial charge in [0.1, 0.15) is 11.5 Å². The summed E-state index contributed by atoms with van der Waals surface area (Å²) in [4.78, 5) is 33.9. The van der Waals surface area contributed by atoms with Gasteiger partial charge in [-0.2, -0.15) is 0 Å². The molecule has 2 aromatic carbocycles. The quantitative estimate of drug-likeness (QED) is 0.468. The number of aryl methyl sites for hydroxylation is 1. The summed E-state index contributed by atoms with van der Waals surface area (Å²) in [6, 6.07) is 13.3. The van der Waals surface area contributed by atoms with Crippen molar-refractivity contribution in [1.29, 1.82) is 0 Å². The highest BCUT2D eigenvalue weighted by Crippen LogP contribution is 2.25. The van der Waals surface area contributed by atoms with Gasteiger partial charge in [0.15, 0.2) is 0 Å². The number of ether oxygens (including phenoxy) is 2. The Morgan fingerprint density at radius 3 is 2.27 bits per heavy atom. The van der Waals surface area contributed by atoms with Crippen LogP contribution in [0.4, 0.5) is 0 Å². The number of unbranched alkanes of at least 4 members (excludes halogenated alkanes) is 1. The van der Waals surface area contributed by atoms with Crippen molar-refractivity contribution in [2.45, 2.75) is 25.7 Å². The zero-order valence-electron chi connectivity index (χ0n) is 19.1. The molecule has 174 valence electrons. The van der Waals surface area contributed by atoms with Crippen molar-refractivity contribution >= 4 is 33.4 Å². The van der Waals surface area contributed by atoms with E-state index >= 15 is 0 Å². The number of hydrogen-bond acceptors (Lipinski definition) is 6. The maximum Gasteiger partial charge on any atom is 0.254 e. The molecule has 1 aliphatic heterocycles. The smallest absolute Gasteiger partial charge is 0.254 e. The molecule has 0 N–H and O–H groups in total. The van der Waals surface area contributed by atoms with E-state index in [2.05, 4.69) is 11.1 Å². The summed E-state index contributed by atoms with van der Waals surface area (Å²) in [5.41, 5.74) is 1.58. The lowest BCUT2D eigenvalue weighted by Crippen LogP contribution is -2.50. The largest absolute Gasteiger partial charge is 0.497 e. The Morgan fingerprint density at radius 1 is 0.939 bits per heavy atom. The molecule has 1 aliphatic rings. The number of carbonyl (C=O) groups excluding carboxylic acids is 2. The van der Waals surface area contributed by atoms with Gasteiger partial charge in [-0.25, -0.2) is 4.98 Å². The molecule has 0 radical (unpaired) electrons. The van der Waals surface area contributed by atoms with E-state index in [-0.39, 0.29) is 11.8 Å². The normalized spacial score (nSPS) is 13.9. The monoisotopic (exact) mass is 467 g/mol. The lowest BCUT2D eigenvalue weighted by atomic mass is 10.1. The zero-order valence-corrected chi connectivity index (χ0v) is 19.9. The average molecular weight is 468 g/mol. The molecule has 1 aromatic heterocycles. The average Bonchev–Trinajstić information content (AvgIpc) is 3.28. The van der Waals surface area contributed by atoms with Gasteiger partial charge in [-0.15, -0.1) is 11.3 Å².